The summed E-state index contributed by atoms with van der Waals surface area (Å²) in [6, 6.07) is 7.01. The predicted octanol–water partition coefficient (Wildman–Crippen LogP) is 4.61. The van der Waals surface area contributed by atoms with E-state index in [1.807, 2.05) is 26.0 Å². The van der Waals surface area contributed by atoms with Crippen LogP contribution in [-0.4, -0.2) is 14.1 Å². The van der Waals surface area contributed by atoms with E-state index in [4.69, 9.17) is 0 Å². The van der Waals surface area contributed by atoms with Gasteiger partial charge in [-0.2, -0.15) is 12.8 Å². The molecule has 0 spiro atoms. The zero-order valence-electron chi connectivity index (χ0n) is 14.8. The van der Waals surface area contributed by atoms with E-state index in [-0.39, 0.29) is 5.41 Å². The van der Waals surface area contributed by atoms with Gasteiger partial charge in [-0.25, -0.2) is 0 Å². The minimum Gasteiger partial charge on any atom is -0.199 e. The molecule has 4 aliphatic carbocycles. The zero-order valence-corrected chi connectivity index (χ0v) is 15.6. The average molecular weight is 346 g/mol. The van der Waals surface area contributed by atoms with Gasteiger partial charge in [0.2, 0.25) is 0 Å². The summed E-state index contributed by atoms with van der Waals surface area (Å²) in [6.07, 6.45) is 6.46. The van der Waals surface area contributed by atoms with E-state index in [0.29, 0.717) is 16.7 Å². The van der Waals surface area contributed by atoms with Gasteiger partial charge in [-0.05, 0) is 81.8 Å². The summed E-state index contributed by atoms with van der Waals surface area (Å²) < 4.78 is 29.8. The highest BCUT2D eigenvalue weighted by atomic mass is 32.2. The minimum atomic E-state index is -3.61. The largest absolute Gasteiger partial charge is 0.282 e. The first-order valence-corrected chi connectivity index (χ1v) is 10.6. The molecule has 4 bridgehead atoms. The van der Waals surface area contributed by atoms with Crippen LogP contribution in [0.1, 0.15) is 51.5 Å². The number of rotatable bonds is 3. The van der Waals surface area contributed by atoms with Crippen molar-refractivity contribution in [3.63, 3.8) is 0 Å². The molecule has 4 heteroatoms. The highest BCUT2D eigenvalue weighted by Crippen LogP contribution is 2.62. The normalized spacial score (nSPS) is 38.5. The Kier molecular flexibility index (Phi) is 3.68. The molecule has 0 atom stereocenters. The van der Waals surface area contributed by atoms with Crippen LogP contribution in [0.5, 0.6) is 0 Å². The number of hydrogen-bond donors (Lipinski definition) is 0. The maximum Gasteiger partial charge on any atom is 0.282 e. The predicted molar refractivity (Wildman–Crippen MR) is 96.6 cm³/mol. The van der Waals surface area contributed by atoms with Crippen LogP contribution in [0.2, 0.25) is 0 Å². The van der Waals surface area contributed by atoms with E-state index in [9.17, 15) is 8.42 Å². The summed E-state index contributed by atoms with van der Waals surface area (Å²) in [5.41, 5.74) is 1.85. The van der Waals surface area contributed by atoms with Gasteiger partial charge in [0.15, 0.2) is 0 Å². The maximum atomic E-state index is 12.7. The first-order chi connectivity index (χ1) is 11.3. The Balaban J connectivity index is 1.68. The third kappa shape index (κ3) is 2.45. The van der Waals surface area contributed by atoms with Crippen LogP contribution >= 0.6 is 0 Å². The molecule has 0 radical (unpaired) electrons. The molecule has 4 fully saturated rings. The second kappa shape index (κ2) is 5.42. The van der Waals surface area contributed by atoms with E-state index < -0.39 is 10.0 Å². The van der Waals surface area contributed by atoms with E-state index in [2.05, 4.69) is 11.3 Å². The van der Waals surface area contributed by atoms with Gasteiger partial charge in [0.1, 0.15) is 0 Å². The van der Waals surface area contributed by atoms with E-state index in [1.54, 1.807) is 12.1 Å². The van der Waals surface area contributed by atoms with Crippen LogP contribution < -0.4 is 0 Å². The lowest BCUT2D eigenvalue weighted by atomic mass is 9.45. The van der Waals surface area contributed by atoms with Crippen molar-refractivity contribution >= 4 is 15.7 Å². The first-order valence-electron chi connectivity index (χ1n) is 9.17. The third-order valence-corrected chi connectivity index (χ3v) is 8.57. The van der Waals surface area contributed by atoms with Crippen molar-refractivity contribution in [1.29, 1.82) is 0 Å². The Labute approximate surface area is 145 Å². The molecular weight excluding hydrogens is 318 g/mol. The van der Waals surface area contributed by atoms with E-state index in [1.165, 1.54) is 32.1 Å². The van der Waals surface area contributed by atoms with Gasteiger partial charge in [-0.3, -0.25) is 0 Å². The number of aryl methyl sites for hydroxylation is 1. The zero-order chi connectivity index (χ0) is 17.1. The van der Waals surface area contributed by atoms with Crippen molar-refractivity contribution in [3.8, 4) is 0 Å². The Hall–Kier alpha value is -1.16. The summed E-state index contributed by atoms with van der Waals surface area (Å²) >= 11 is 0. The summed E-state index contributed by atoms with van der Waals surface area (Å²) in [4.78, 5) is 0.305. The van der Waals surface area contributed by atoms with Crippen LogP contribution in [0.15, 0.2) is 33.6 Å². The minimum absolute atomic E-state index is 0.0365. The second-order valence-corrected chi connectivity index (χ2v) is 10.2. The molecule has 1 aromatic rings. The highest BCUT2D eigenvalue weighted by Gasteiger charge is 2.56. The standard InChI is InChI=1S/C20H27NO2S/c1-13-4-6-19(7-5-13)24(22,23)21-14(2)20(3)17-9-15-8-16(11-17)12-18(20)10-15/h4-7,15-18H,8-12H2,1-3H3/b21-14-. The van der Waals surface area contributed by atoms with Crippen LogP contribution in [0.3, 0.4) is 0 Å². The molecule has 3 nitrogen and oxygen atoms in total. The molecule has 0 amide bonds. The lowest BCUT2D eigenvalue weighted by Gasteiger charge is -2.60. The number of nitrogens with zero attached hydrogens (tertiary/aromatic N) is 1. The summed E-state index contributed by atoms with van der Waals surface area (Å²) in [5, 5.41) is 0. The van der Waals surface area contributed by atoms with E-state index >= 15 is 0 Å². The van der Waals surface area contributed by atoms with Crippen molar-refractivity contribution in [2.45, 2.75) is 57.8 Å². The van der Waals surface area contributed by atoms with Gasteiger partial charge < -0.3 is 0 Å². The lowest BCUT2D eigenvalue weighted by molar-refractivity contribution is -0.0598. The van der Waals surface area contributed by atoms with Gasteiger partial charge in [-0.15, -0.1) is 0 Å². The summed E-state index contributed by atoms with van der Waals surface area (Å²) in [6.45, 7) is 6.19. The Morgan fingerprint density at radius 3 is 2.00 bits per heavy atom. The maximum absolute atomic E-state index is 12.7. The van der Waals surface area contributed by atoms with Crippen LogP contribution in [0.25, 0.3) is 0 Å². The molecule has 4 aliphatic rings. The molecule has 130 valence electrons. The van der Waals surface area contributed by atoms with Crippen molar-refractivity contribution in [1.82, 2.24) is 0 Å². The van der Waals surface area contributed by atoms with Crippen molar-refractivity contribution in [2.75, 3.05) is 0 Å². The molecule has 0 unspecified atom stereocenters. The molecule has 4 saturated carbocycles. The molecule has 0 saturated heterocycles. The van der Waals surface area contributed by atoms with Gasteiger partial charge in [-0.1, -0.05) is 24.6 Å². The molecule has 24 heavy (non-hydrogen) atoms. The fourth-order valence-corrected chi connectivity index (χ4v) is 6.94. The highest BCUT2D eigenvalue weighted by molar-refractivity contribution is 7.90. The third-order valence-electron chi connectivity index (χ3n) is 7.19. The van der Waals surface area contributed by atoms with Crippen molar-refractivity contribution in [2.24, 2.45) is 33.5 Å². The van der Waals surface area contributed by atoms with Gasteiger partial charge in [0.05, 0.1) is 4.90 Å². The van der Waals surface area contributed by atoms with E-state index in [0.717, 1.165) is 23.1 Å². The Bertz CT molecular complexity index is 748. The van der Waals surface area contributed by atoms with Crippen molar-refractivity contribution < 1.29 is 8.42 Å². The van der Waals surface area contributed by atoms with Crippen molar-refractivity contribution in [3.05, 3.63) is 29.8 Å². The Morgan fingerprint density at radius 1 is 1.00 bits per heavy atom. The van der Waals surface area contributed by atoms with Crippen LogP contribution in [0.4, 0.5) is 0 Å². The van der Waals surface area contributed by atoms with Crippen LogP contribution in [-0.2, 0) is 10.0 Å². The quantitative estimate of drug-likeness (QED) is 0.751. The lowest BCUT2D eigenvalue weighted by Crippen LogP contribution is -2.54. The molecule has 5 rings (SSSR count). The molecule has 0 N–H and O–H groups in total. The first kappa shape index (κ1) is 16.3. The van der Waals surface area contributed by atoms with Crippen LogP contribution in [0, 0.1) is 36.0 Å². The summed E-state index contributed by atoms with van der Waals surface area (Å²) in [5.74, 6) is 2.99. The second-order valence-electron chi connectivity index (χ2n) is 8.55. The summed E-state index contributed by atoms with van der Waals surface area (Å²) in [7, 11) is -3.61. The smallest absolute Gasteiger partial charge is 0.199 e. The monoisotopic (exact) mass is 345 g/mol. The molecule has 0 aliphatic heterocycles. The number of sulfonamides is 1. The van der Waals surface area contributed by atoms with Gasteiger partial charge in [0, 0.05) is 11.1 Å². The van der Waals surface area contributed by atoms with Gasteiger partial charge >= 0.3 is 0 Å². The number of hydrogen-bond acceptors (Lipinski definition) is 2. The van der Waals surface area contributed by atoms with Gasteiger partial charge in [0.25, 0.3) is 10.0 Å². The molecule has 0 heterocycles. The number of benzene rings is 1. The fourth-order valence-electron chi connectivity index (χ4n) is 5.80. The molecular formula is C20H27NO2S. The SMILES string of the molecule is C/C(=N/S(=O)(=O)c1ccc(C)cc1)C1(C)C2CC3CC(C2)CC1C3. The molecule has 0 aromatic heterocycles. The Morgan fingerprint density at radius 2 is 1.50 bits per heavy atom. The average Bonchev–Trinajstić information content (AvgIpc) is 2.51. The molecule has 1 aromatic carbocycles. The topological polar surface area (TPSA) is 46.5 Å². The fraction of sp³-hybridized carbons (Fsp3) is 0.650.